The van der Waals surface area contributed by atoms with E-state index in [-0.39, 0.29) is 17.0 Å². The second-order valence-corrected chi connectivity index (χ2v) is 3.22. The molecule has 82 valence electrons. The van der Waals surface area contributed by atoms with Crippen LogP contribution in [0.25, 0.3) is 5.65 Å². The quantitative estimate of drug-likeness (QED) is 0.607. The summed E-state index contributed by atoms with van der Waals surface area (Å²) in [5.41, 5.74) is 0.483. The van der Waals surface area contributed by atoms with Crippen molar-refractivity contribution >= 4 is 17.3 Å². The number of aromatic nitrogens is 2. The number of aromatic carboxylic acids is 1. The third-order valence-corrected chi connectivity index (χ3v) is 2.20. The third kappa shape index (κ3) is 1.38. The Morgan fingerprint density at radius 2 is 2.31 bits per heavy atom. The Balaban J connectivity index is 2.75. The summed E-state index contributed by atoms with van der Waals surface area (Å²) in [4.78, 5) is 24.8. The summed E-state index contributed by atoms with van der Waals surface area (Å²) in [6, 6.07) is 2.47. The average Bonchev–Trinajstić information content (AvgIpc) is 2.51. The van der Waals surface area contributed by atoms with Gasteiger partial charge in [0.1, 0.15) is 5.65 Å². The van der Waals surface area contributed by atoms with Gasteiger partial charge >= 0.3 is 5.97 Å². The first-order valence-electron chi connectivity index (χ1n) is 4.37. The zero-order valence-corrected chi connectivity index (χ0v) is 8.25. The van der Waals surface area contributed by atoms with E-state index in [4.69, 9.17) is 5.11 Å². The van der Waals surface area contributed by atoms with E-state index in [9.17, 15) is 14.9 Å². The van der Waals surface area contributed by atoms with Crippen LogP contribution in [0.3, 0.4) is 0 Å². The highest BCUT2D eigenvalue weighted by Gasteiger charge is 2.17. The Labute approximate surface area is 89.1 Å². The zero-order valence-electron chi connectivity index (χ0n) is 8.25. The summed E-state index contributed by atoms with van der Waals surface area (Å²) in [5.74, 6) is -1.11. The molecule has 0 amide bonds. The normalized spacial score (nSPS) is 10.6. The van der Waals surface area contributed by atoms with E-state index in [0.29, 0.717) is 5.69 Å². The van der Waals surface area contributed by atoms with E-state index in [0.717, 1.165) is 0 Å². The number of hydrogen-bond acceptors (Lipinski definition) is 4. The number of carboxylic acid groups (broad SMARTS) is 1. The number of nitrogens with zero attached hydrogens (tertiary/aromatic N) is 3. The van der Waals surface area contributed by atoms with Crippen LogP contribution in [0, 0.1) is 17.0 Å². The van der Waals surface area contributed by atoms with E-state index < -0.39 is 10.9 Å². The van der Waals surface area contributed by atoms with Gasteiger partial charge in [0.05, 0.1) is 16.7 Å². The Bertz CT molecular complexity index is 602. The molecule has 2 aromatic heterocycles. The predicted octanol–water partition coefficient (Wildman–Crippen LogP) is 1.25. The molecule has 2 aromatic rings. The lowest BCUT2D eigenvalue weighted by molar-refractivity contribution is -0.384. The Hall–Kier alpha value is -2.44. The maximum absolute atomic E-state index is 10.9. The van der Waals surface area contributed by atoms with Crippen molar-refractivity contribution in [3.8, 4) is 0 Å². The molecule has 0 saturated carbocycles. The number of hydrogen-bond donors (Lipinski definition) is 1. The monoisotopic (exact) mass is 221 g/mol. The smallest absolute Gasteiger partial charge is 0.354 e. The molecule has 7 nitrogen and oxygen atoms in total. The Morgan fingerprint density at radius 3 is 2.88 bits per heavy atom. The SMILES string of the molecule is Cc1nc2cc([N+](=O)[O-])ccn2c1C(=O)O. The van der Waals surface area contributed by atoms with Crippen molar-refractivity contribution in [3.05, 3.63) is 39.8 Å². The van der Waals surface area contributed by atoms with Crippen molar-refractivity contribution < 1.29 is 14.8 Å². The maximum Gasteiger partial charge on any atom is 0.354 e. The summed E-state index contributed by atoms with van der Waals surface area (Å²) in [6.45, 7) is 1.54. The minimum Gasteiger partial charge on any atom is -0.477 e. The fraction of sp³-hybridized carbons (Fsp3) is 0.111. The standard InChI is InChI=1S/C9H7N3O4/c1-5-8(9(13)14)11-3-2-6(12(15)16)4-7(11)10-5/h2-4H,1H3,(H,13,14). The number of pyridine rings is 1. The second-order valence-electron chi connectivity index (χ2n) is 3.22. The van der Waals surface area contributed by atoms with Gasteiger partial charge in [-0.3, -0.25) is 14.5 Å². The first-order chi connectivity index (χ1) is 7.50. The van der Waals surface area contributed by atoms with Crippen molar-refractivity contribution in [3.63, 3.8) is 0 Å². The number of imidazole rings is 1. The van der Waals surface area contributed by atoms with Crippen LogP contribution >= 0.6 is 0 Å². The van der Waals surface area contributed by atoms with Gasteiger partial charge in [-0.05, 0) is 6.92 Å². The minimum absolute atomic E-state index is 0.0184. The van der Waals surface area contributed by atoms with Gasteiger partial charge in [0.15, 0.2) is 5.69 Å². The first kappa shape index (κ1) is 10.1. The molecule has 0 fully saturated rings. The molecule has 0 spiro atoms. The number of carboxylic acids is 1. The Morgan fingerprint density at radius 1 is 1.62 bits per heavy atom. The third-order valence-electron chi connectivity index (χ3n) is 2.20. The second kappa shape index (κ2) is 3.30. The number of rotatable bonds is 2. The zero-order chi connectivity index (χ0) is 11.9. The van der Waals surface area contributed by atoms with Crippen LogP contribution < -0.4 is 0 Å². The lowest BCUT2D eigenvalue weighted by Crippen LogP contribution is -2.03. The molecule has 2 heterocycles. The molecular weight excluding hydrogens is 214 g/mol. The van der Waals surface area contributed by atoms with Crippen LogP contribution in [0.15, 0.2) is 18.3 Å². The summed E-state index contributed by atoms with van der Waals surface area (Å²) < 4.78 is 1.31. The van der Waals surface area contributed by atoms with Gasteiger partial charge in [-0.25, -0.2) is 9.78 Å². The molecule has 0 aliphatic carbocycles. The molecule has 7 heteroatoms. The van der Waals surface area contributed by atoms with Crippen molar-refractivity contribution in [2.75, 3.05) is 0 Å². The van der Waals surface area contributed by atoms with Crippen LogP contribution in [0.4, 0.5) is 5.69 Å². The van der Waals surface area contributed by atoms with E-state index in [1.807, 2.05) is 0 Å². The van der Waals surface area contributed by atoms with Gasteiger partial charge in [-0.1, -0.05) is 0 Å². The largest absolute Gasteiger partial charge is 0.477 e. The number of nitro groups is 1. The minimum atomic E-state index is -1.11. The number of carbonyl (C=O) groups is 1. The van der Waals surface area contributed by atoms with E-state index >= 15 is 0 Å². The van der Waals surface area contributed by atoms with Gasteiger partial charge in [0, 0.05) is 12.3 Å². The summed E-state index contributed by atoms with van der Waals surface area (Å²) in [7, 11) is 0. The first-order valence-corrected chi connectivity index (χ1v) is 4.37. The van der Waals surface area contributed by atoms with E-state index in [1.165, 1.54) is 22.7 Å². The molecule has 2 rings (SSSR count). The van der Waals surface area contributed by atoms with Crippen molar-refractivity contribution in [1.82, 2.24) is 9.38 Å². The molecule has 16 heavy (non-hydrogen) atoms. The molecule has 0 bridgehead atoms. The van der Waals surface area contributed by atoms with Crippen molar-refractivity contribution in [2.45, 2.75) is 6.92 Å². The van der Waals surface area contributed by atoms with Gasteiger partial charge in [-0.2, -0.15) is 0 Å². The van der Waals surface area contributed by atoms with E-state index in [1.54, 1.807) is 6.92 Å². The van der Waals surface area contributed by atoms with Crippen LogP contribution in [0.2, 0.25) is 0 Å². The van der Waals surface area contributed by atoms with Crippen molar-refractivity contribution in [2.24, 2.45) is 0 Å². The molecule has 0 aliphatic heterocycles. The highest BCUT2D eigenvalue weighted by Crippen LogP contribution is 2.17. The molecular formula is C9H7N3O4. The van der Waals surface area contributed by atoms with Crippen LogP contribution in [-0.4, -0.2) is 25.4 Å². The number of aryl methyl sites for hydroxylation is 1. The maximum atomic E-state index is 10.9. The van der Waals surface area contributed by atoms with Gasteiger partial charge in [0.25, 0.3) is 5.69 Å². The molecule has 0 radical (unpaired) electrons. The molecule has 0 saturated heterocycles. The van der Waals surface area contributed by atoms with Crippen LogP contribution in [0.5, 0.6) is 0 Å². The average molecular weight is 221 g/mol. The summed E-state index contributed by atoms with van der Waals surface area (Å²) in [6.07, 6.45) is 1.33. The lowest BCUT2D eigenvalue weighted by atomic mass is 10.3. The van der Waals surface area contributed by atoms with Gasteiger partial charge < -0.3 is 5.11 Å². The van der Waals surface area contributed by atoms with Gasteiger partial charge in [0.2, 0.25) is 0 Å². The molecule has 0 atom stereocenters. The highest BCUT2D eigenvalue weighted by atomic mass is 16.6. The van der Waals surface area contributed by atoms with Crippen molar-refractivity contribution in [1.29, 1.82) is 0 Å². The summed E-state index contributed by atoms with van der Waals surface area (Å²) >= 11 is 0. The van der Waals surface area contributed by atoms with Crippen LogP contribution in [0.1, 0.15) is 16.2 Å². The highest BCUT2D eigenvalue weighted by molar-refractivity contribution is 5.88. The predicted molar refractivity (Wildman–Crippen MR) is 53.5 cm³/mol. The molecule has 0 aromatic carbocycles. The van der Waals surface area contributed by atoms with Gasteiger partial charge in [-0.15, -0.1) is 0 Å². The van der Waals surface area contributed by atoms with Crippen LogP contribution in [-0.2, 0) is 0 Å². The fourth-order valence-corrected chi connectivity index (χ4v) is 1.52. The Kier molecular flexibility index (Phi) is 2.08. The molecule has 0 unspecified atom stereocenters. The molecule has 1 N–H and O–H groups in total. The van der Waals surface area contributed by atoms with E-state index in [2.05, 4.69) is 4.98 Å². The lowest BCUT2D eigenvalue weighted by Gasteiger charge is -1.96. The number of fused-ring (bicyclic) bond motifs is 1. The topological polar surface area (TPSA) is 97.7 Å². The fourth-order valence-electron chi connectivity index (χ4n) is 1.52. The molecule has 0 aliphatic rings. The summed E-state index contributed by atoms with van der Waals surface area (Å²) in [5, 5.41) is 19.5.